The average Bonchev–Trinajstić information content (AvgIpc) is 3.30. The highest BCUT2D eigenvalue weighted by molar-refractivity contribution is 7.89. The van der Waals surface area contributed by atoms with Crippen LogP contribution in [-0.4, -0.2) is 46.5 Å². The van der Waals surface area contributed by atoms with Crippen molar-refractivity contribution < 1.29 is 30.4 Å². The molecule has 0 spiro atoms. The number of nitrogens with zero attached hydrogens (tertiary/aromatic N) is 4. The van der Waals surface area contributed by atoms with E-state index in [9.17, 15) is 30.4 Å². The number of anilines is 1. The monoisotopic (exact) mass is 447 g/mol. The van der Waals surface area contributed by atoms with Crippen molar-refractivity contribution in [3.8, 4) is 0 Å². The van der Waals surface area contributed by atoms with E-state index in [4.69, 9.17) is 0 Å². The summed E-state index contributed by atoms with van der Waals surface area (Å²) < 4.78 is 95.5. The van der Waals surface area contributed by atoms with E-state index < -0.39 is 50.0 Å². The largest absolute Gasteiger partial charge is 0.365 e. The summed E-state index contributed by atoms with van der Waals surface area (Å²) in [4.78, 5) is 2.37. The lowest BCUT2D eigenvalue weighted by molar-refractivity contribution is 0.353. The number of hydrogen-bond acceptors (Lipinski definition) is 5. The fourth-order valence-corrected chi connectivity index (χ4v) is 4.90. The lowest BCUT2D eigenvalue weighted by atomic mass is 10.2. The van der Waals surface area contributed by atoms with Crippen LogP contribution in [0.1, 0.15) is 12.1 Å². The topological polar surface area (TPSA) is 79.6 Å². The molecule has 1 unspecified atom stereocenters. The Kier molecular flexibility index (Phi) is 4.89. The Bertz CT molecular complexity index is 1230. The third-order valence-corrected chi connectivity index (χ3v) is 6.60. The van der Waals surface area contributed by atoms with Gasteiger partial charge >= 0.3 is 0 Å². The molecule has 1 aliphatic heterocycles. The Morgan fingerprint density at radius 1 is 1.03 bits per heavy atom. The van der Waals surface area contributed by atoms with Gasteiger partial charge in [-0.05, 0) is 25.5 Å². The van der Waals surface area contributed by atoms with Crippen LogP contribution in [0.2, 0.25) is 0 Å². The van der Waals surface area contributed by atoms with Gasteiger partial charge in [-0.2, -0.15) is 4.31 Å². The van der Waals surface area contributed by atoms with E-state index in [-0.39, 0.29) is 19.5 Å². The molecule has 4 rings (SSSR count). The van der Waals surface area contributed by atoms with E-state index in [2.05, 4.69) is 15.4 Å². The van der Waals surface area contributed by atoms with Crippen LogP contribution in [0.15, 0.2) is 23.2 Å². The minimum Gasteiger partial charge on any atom is -0.365 e. The third kappa shape index (κ3) is 3.27. The Labute approximate surface area is 167 Å². The van der Waals surface area contributed by atoms with Crippen LogP contribution in [0, 0.1) is 36.0 Å². The van der Waals surface area contributed by atoms with Crippen LogP contribution in [0.5, 0.6) is 0 Å². The first-order chi connectivity index (χ1) is 14.1. The van der Waals surface area contributed by atoms with E-state index in [1.54, 1.807) is 25.3 Å². The lowest BCUT2D eigenvalue weighted by Crippen LogP contribution is -2.33. The number of fused-ring (bicyclic) bond motifs is 1. The Hall–Kier alpha value is -2.80. The standard InChI is InChI=1S/C17H14F5N5O2S/c1-8-6-27-11(23-8)3-2-10(25-27)24-9-4-5-26(7-9)30(28,29)17-15(21)13(19)12(18)14(20)16(17)22/h2-3,6,9H,4-5,7H2,1H3,(H,24,25). The number of aromatic nitrogens is 3. The highest BCUT2D eigenvalue weighted by Gasteiger charge is 2.40. The molecule has 1 saturated heterocycles. The van der Waals surface area contributed by atoms with Crippen molar-refractivity contribution in [2.24, 2.45) is 0 Å². The van der Waals surface area contributed by atoms with Gasteiger partial charge in [0.05, 0.1) is 11.9 Å². The Morgan fingerprint density at radius 2 is 1.67 bits per heavy atom. The maximum Gasteiger partial charge on any atom is 0.249 e. The van der Waals surface area contributed by atoms with Crippen molar-refractivity contribution >= 4 is 21.5 Å². The average molecular weight is 447 g/mol. The van der Waals surface area contributed by atoms with Gasteiger partial charge in [-0.25, -0.2) is 39.9 Å². The molecule has 1 fully saturated rings. The van der Waals surface area contributed by atoms with Gasteiger partial charge in [0.2, 0.25) is 15.8 Å². The molecule has 7 nitrogen and oxygen atoms in total. The number of benzene rings is 1. The predicted molar refractivity (Wildman–Crippen MR) is 94.7 cm³/mol. The molecule has 160 valence electrons. The maximum absolute atomic E-state index is 14.0. The molecule has 30 heavy (non-hydrogen) atoms. The van der Waals surface area contributed by atoms with Crippen molar-refractivity contribution in [3.63, 3.8) is 0 Å². The van der Waals surface area contributed by atoms with Gasteiger partial charge in [-0.1, -0.05) is 0 Å². The molecule has 1 aliphatic rings. The van der Waals surface area contributed by atoms with Crippen molar-refractivity contribution in [2.45, 2.75) is 24.3 Å². The normalized spacial score (nSPS) is 17.7. The molecule has 2 aromatic heterocycles. The molecule has 0 amide bonds. The first-order valence-electron chi connectivity index (χ1n) is 8.70. The zero-order chi connectivity index (χ0) is 21.8. The van der Waals surface area contributed by atoms with E-state index in [0.29, 0.717) is 15.8 Å². The number of rotatable bonds is 4. The fourth-order valence-electron chi connectivity index (χ4n) is 3.29. The van der Waals surface area contributed by atoms with Gasteiger partial charge in [0, 0.05) is 19.1 Å². The molecule has 1 atom stereocenters. The van der Waals surface area contributed by atoms with Crippen LogP contribution in [0.25, 0.3) is 5.65 Å². The Balaban J connectivity index is 1.58. The van der Waals surface area contributed by atoms with Gasteiger partial charge in [0.25, 0.3) is 0 Å². The predicted octanol–water partition coefficient (Wildman–Crippen LogP) is 2.61. The van der Waals surface area contributed by atoms with Crippen molar-refractivity contribution in [3.05, 3.63) is 53.1 Å². The van der Waals surface area contributed by atoms with Crippen molar-refractivity contribution in [1.29, 1.82) is 0 Å². The number of hydrogen-bond donors (Lipinski definition) is 1. The summed E-state index contributed by atoms with van der Waals surface area (Å²) in [5, 5.41) is 7.28. The molecular formula is C17H14F5N5O2S. The minimum absolute atomic E-state index is 0.175. The highest BCUT2D eigenvalue weighted by atomic mass is 32.2. The van der Waals surface area contributed by atoms with Gasteiger partial charge < -0.3 is 5.32 Å². The summed E-state index contributed by atoms with van der Waals surface area (Å²) in [5.41, 5.74) is 1.36. The maximum atomic E-state index is 14.0. The van der Waals surface area contributed by atoms with E-state index in [0.717, 1.165) is 5.69 Å². The molecule has 1 aromatic carbocycles. The molecule has 0 bridgehead atoms. The zero-order valence-corrected chi connectivity index (χ0v) is 16.2. The van der Waals surface area contributed by atoms with Crippen LogP contribution in [-0.2, 0) is 10.0 Å². The van der Waals surface area contributed by atoms with Gasteiger partial charge in [-0.3, -0.25) is 0 Å². The molecule has 0 aliphatic carbocycles. The van der Waals surface area contributed by atoms with Crippen LogP contribution >= 0.6 is 0 Å². The smallest absolute Gasteiger partial charge is 0.249 e. The molecular weight excluding hydrogens is 433 g/mol. The van der Waals surface area contributed by atoms with Gasteiger partial charge in [0.1, 0.15) is 5.82 Å². The van der Waals surface area contributed by atoms with Crippen molar-refractivity contribution in [1.82, 2.24) is 18.9 Å². The molecule has 13 heteroatoms. The highest BCUT2D eigenvalue weighted by Crippen LogP contribution is 2.31. The molecule has 3 heterocycles. The first kappa shape index (κ1) is 20.5. The number of halogens is 5. The minimum atomic E-state index is -4.96. The summed E-state index contributed by atoms with van der Waals surface area (Å²) in [6.07, 6.45) is 1.92. The summed E-state index contributed by atoms with van der Waals surface area (Å²) in [7, 11) is -4.96. The molecule has 0 saturated carbocycles. The second-order valence-electron chi connectivity index (χ2n) is 6.80. The zero-order valence-electron chi connectivity index (χ0n) is 15.3. The summed E-state index contributed by atoms with van der Waals surface area (Å²) in [6.45, 7) is 1.37. The fraction of sp³-hybridized carbons (Fsp3) is 0.294. The second kappa shape index (κ2) is 7.16. The van der Waals surface area contributed by atoms with Crippen LogP contribution in [0.4, 0.5) is 27.8 Å². The second-order valence-corrected chi connectivity index (χ2v) is 8.67. The summed E-state index contributed by atoms with van der Waals surface area (Å²) >= 11 is 0. The van der Waals surface area contributed by atoms with Gasteiger partial charge in [-0.15, -0.1) is 5.10 Å². The quantitative estimate of drug-likeness (QED) is 0.378. The molecule has 1 N–H and O–H groups in total. The summed E-state index contributed by atoms with van der Waals surface area (Å²) in [6, 6.07) is 2.83. The number of aryl methyl sites for hydroxylation is 1. The van der Waals surface area contributed by atoms with Crippen LogP contribution < -0.4 is 5.32 Å². The number of nitrogens with one attached hydrogen (secondary N) is 1. The first-order valence-corrected chi connectivity index (χ1v) is 10.1. The SMILES string of the molecule is Cc1cn2nc(NC3CCN(S(=O)(=O)c4c(F)c(F)c(F)c(F)c4F)C3)ccc2n1. The lowest BCUT2D eigenvalue weighted by Gasteiger charge is -2.18. The third-order valence-electron chi connectivity index (χ3n) is 4.71. The number of imidazole rings is 1. The molecule has 0 radical (unpaired) electrons. The van der Waals surface area contributed by atoms with E-state index >= 15 is 0 Å². The molecule has 3 aromatic rings. The van der Waals surface area contributed by atoms with Crippen molar-refractivity contribution in [2.75, 3.05) is 18.4 Å². The summed E-state index contributed by atoms with van der Waals surface area (Å²) in [5.74, 6) is -11.4. The van der Waals surface area contributed by atoms with Crippen LogP contribution in [0.3, 0.4) is 0 Å². The van der Waals surface area contributed by atoms with E-state index in [1.807, 2.05) is 0 Å². The Morgan fingerprint density at radius 3 is 2.33 bits per heavy atom. The number of sulfonamides is 1. The van der Waals surface area contributed by atoms with Gasteiger partial charge in [0.15, 0.2) is 33.8 Å². The van der Waals surface area contributed by atoms with E-state index in [1.165, 1.54) is 4.52 Å².